The second kappa shape index (κ2) is 5.24. The van der Waals surface area contributed by atoms with Gasteiger partial charge in [0.15, 0.2) is 0 Å². The van der Waals surface area contributed by atoms with E-state index in [2.05, 4.69) is 5.16 Å². The first-order valence-corrected chi connectivity index (χ1v) is 4.31. The van der Waals surface area contributed by atoms with Crippen molar-refractivity contribution >= 4 is 5.71 Å². The molecular weight excluding hydrogens is 182 g/mol. The number of oxime groups is 1. The number of hydrogen-bond acceptors (Lipinski definition) is 4. The van der Waals surface area contributed by atoms with Crippen molar-refractivity contribution in [3.63, 3.8) is 0 Å². The van der Waals surface area contributed by atoms with Gasteiger partial charge in [0, 0.05) is 5.56 Å². The Hall–Kier alpha value is -1.55. The van der Waals surface area contributed by atoms with Crippen LogP contribution in [0.5, 0.6) is 5.75 Å². The van der Waals surface area contributed by atoms with Crippen LogP contribution in [0.15, 0.2) is 29.4 Å². The average molecular weight is 195 g/mol. The monoisotopic (exact) mass is 195 g/mol. The zero-order chi connectivity index (χ0) is 10.4. The smallest absolute Gasteiger partial charge is 0.128 e. The van der Waals surface area contributed by atoms with Gasteiger partial charge in [-0.15, -0.1) is 0 Å². The molecule has 0 radical (unpaired) electrons. The minimum atomic E-state index is -0.0380. The molecule has 0 spiro atoms. The van der Waals surface area contributed by atoms with Crippen LogP contribution in [-0.2, 0) is 0 Å². The summed E-state index contributed by atoms with van der Waals surface area (Å²) in [6.45, 7) is 1.88. The molecule has 0 fully saturated rings. The van der Waals surface area contributed by atoms with Gasteiger partial charge in [-0.05, 0) is 19.1 Å². The van der Waals surface area contributed by atoms with Crippen molar-refractivity contribution in [3.8, 4) is 5.75 Å². The van der Waals surface area contributed by atoms with E-state index in [4.69, 9.17) is 15.1 Å². The maximum atomic E-state index is 8.62. The van der Waals surface area contributed by atoms with Crippen LogP contribution >= 0.6 is 0 Å². The molecule has 0 heterocycles. The highest BCUT2D eigenvalue weighted by molar-refractivity contribution is 6.00. The molecule has 0 saturated heterocycles. The van der Waals surface area contributed by atoms with E-state index >= 15 is 0 Å². The minimum absolute atomic E-state index is 0.0380. The van der Waals surface area contributed by atoms with Crippen molar-refractivity contribution in [2.45, 2.75) is 6.92 Å². The van der Waals surface area contributed by atoms with E-state index in [0.29, 0.717) is 11.5 Å². The zero-order valence-electron chi connectivity index (χ0n) is 7.97. The van der Waals surface area contributed by atoms with Crippen LogP contribution in [0, 0.1) is 0 Å². The maximum absolute atomic E-state index is 8.62. The van der Waals surface area contributed by atoms with E-state index in [1.165, 1.54) is 0 Å². The number of hydrogen-bond donors (Lipinski definition) is 2. The lowest BCUT2D eigenvalue weighted by atomic mass is 10.1. The van der Waals surface area contributed by atoms with Gasteiger partial charge >= 0.3 is 0 Å². The van der Waals surface area contributed by atoms with Crippen LogP contribution in [-0.4, -0.2) is 29.2 Å². The number of para-hydroxylation sites is 1. The van der Waals surface area contributed by atoms with E-state index in [1.807, 2.05) is 12.1 Å². The molecular formula is C10H13NO3. The molecule has 0 bridgehead atoms. The summed E-state index contributed by atoms with van der Waals surface area (Å²) in [5.74, 6) is 0.608. The normalized spacial score (nSPS) is 11.4. The Bertz CT molecular complexity index is 323. The molecule has 0 aliphatic rings. The van der Waals surface area contributed by atoms with Crippen LogP contribution in [0.1, 0.15) is 12.5 Å². The average Bonchev–Trinajstić information content (AvgIpc) is 2.25. The lowest BCUT2D eigenvalue weighted by Gasteiger charge is -2.08. The summed E-state index contributed by atoms with van der Waals surface area (Å²) in [6, 6.07) is 7.21. The highest BCUT2D eigenvalue weighted by Crippen LogP contribution is 2.18. The first kappa shape index (κ1) is 10.5. The van der Waals surface area contributed by atoms with Crippen molar-refractivity contribution in [2.24, 2.45) is 5.16 Å². The Morgan fingerprint density at radius 2 is 2.14 bits per heavy atom. The fraction of sp³-hybridized carbons (Fsp3) is 0.300. The number of aliphatic hydroxyl groups excluding tert-OH is 1. The number of rotatable bonds is 4. The SMILES string of the molecule is C/C(=N/O)c1ccccc1OCCO. The molecule has 0 aromatic heterocycles. The molecule has 0 amide bonds. The first-order chi connectivity index (χ1) is 6.79. The second-order valence-corrected chi connectivity index (χ2v) is 2.75. The molecule has 0 saturated carbocycles. The van der Waals surface area contributed by atoms with E-state index in [1.54, 1.807) is 19.1 Å². The molecule has 1 aromatic rings. The van der Waals surface area contributed by atoms with Gasteiger partial charge in [0.2, 0.25) is 0 Å². The minimum Gasteiger partial charge on any atom is -0.491 e. The molecule has 0 unspecified atom stereocenters. The van der Waals surface area contributed by atoms with Crippen molar-refractivity contribution in [1.82, 2.24) is 0 Å². The summed E-state index contributed by atoms with van der Waals surface area (Å²) in [7, 11) is 0. The number of benzene rings is 1. The third-order valence-corrected chi connectivity index (χ3v) is 1.78. The van der Waals surface area contributed by atoms with Gasteiger partial charge in [-0.1, -0.05) is 17.3 Å². The highest BCUT2D eigenvalue weighted by atomic mass is 16.5. The van der Waals surface area contributed by atoms with Crippen LogP contribution in [0.25, 0.3) is 0 Å². The van der Waals surface area contributed by atoms with Gasteiger partial charge in [0.25, 0.3) is 0 Å². The van der Waals surface area contributed by atoms with Crippen molar-refractivity contribution in [2.75, 3.05) is 13.2 Å². The predicted octanol–water partition coefficient (Wildman–Crippen LogP) is 1.26. The standard InChI is InChI=1S/C10H13NO3/c1-8(11-13)9-4-2-3-5-10(9)14-7-6-12/h2-5,12-13H,6-7H2,1H3/b11-8-. The van der Waals surface area contributed by atoms with Crippen molar-refractivity contribution in [1.29, 1.82) is 0 Å². The summed E-state index contributed by atoms with van der Waals surface area (Å²) in [5, 5.41) is 20.3. The van der Waals surface area contributed by atoms with Crippen LogP contribution in [0.3, 0.4) is 0 Å². The zero-order valence-corrected chi connectivity index (χ0v) is 7.97. The van der Waals surface area contributed by atoms with Crippen LogP contribution < -0.4 is 4.74 Å². The summed E-state index contributed by atoms with van der Waals surface area (Å²) >= 11 is 0. The quantitative estimate of drug-likeness (QED) is 0.432. The highest BCUT2D eigenvalue weighted by Gasteiger charge is 2.05. The van der Waals surface area contributed by atoms with E-state index in [-0.39, 0.29) is 13.2 Å². The van der Waals surface area contributed by atoms with Crippen molar-refractivity contribution in [3.05, 3.63) is 29.8 Å². The van der Waals surface area contributed by atoms with Gasteiger partial charge in [0.05, 0.1) is 12.3 Å². The first-order valence-electron chi connectivity index (χ1n) is 4.31. The molecule has 2 N–H and O–H groups in total. The van der Waals surface area contributed by atoms with E-state index < -0.39 is 0 Å². The number of aliphatic hydroxyl groups is 1. The van der Waals surface area contributed by atoms with Gasteiger partial charge < -0.3 is 15.1 Å². The summed E-state index contributed by atoms with van der Waals surface area (Å²) < 4.78 is 5.27. The van der Waals surface area contributed by atoms with Crippen LogP contribution in [0.2, 0.25) is 0 Å². The fourth-order valence-electron chi connectivity index (χ4n) is 1.10. The molecule has 0 atom stereocenters. The molecule has 14 heavy (non-hydrogen) atoms. The number of nitrogens with zero attached hydrogens (tertiary/aromatic N) is 1. The second-order valence-electron chi connectivity index (χ2n) is 2.75. The third-order valence-electron chi connectivity index (χ3n) is 1.78. The third kappa shape index (κ3) is 2.47. The van der Waals surface area contributed by atoms with Crippen molar-refractivity contribution < 1.29 is 15.1 Å². The van der Waals surface area contributed by atoms with Gasteiger partial charge in [0.1, 0.15) is 12.4 Å². The predicted molar refractivity (Wildman–Crippen MR) is 53.0 cm³/mol. The largest absolute Gasteiger partial charge is 0.491 e. The summed E-state index contributed by atoms with van der Waals surface area (Å²) in [5.41, 5.74) is 1.21. The van der Waals surface area contributed by atoms with Crippen LogP contribution in [0.4, 0.5) is 0 Å². The molecule has 4 nitrogen and oxygen atoms in total. The fourth-order valence-corrected chi connectivity index (χ4v) is 1.10. The summed E-state index contributed by atoms with van der Waals surface area (Å²) in [6.07, 6.45) is 0. The lowest BCUT2D eigenvalue weighted by Crippen LogP contribution is -2.06. The number of ether oxygens (including phenoxy) is 1. The summed E-state index contributed by atoms with van der Waals surface area (Å²) in [4.78, 5) is 0. The maximum Gasteiger partial charge on any atom is 0.128 e. The van der Waals surface area contributed by atoms with Gasteiger partial charge in [-0.25, -0.2) is 0 Å². The molecule has 4 heteroatoms. The molecule has 0 aliphatic heterocycles. The van der Waals surface area contributed by atoms with E-state index in [9.17, 15) is 0 Å². The Labute approximate surface area is 82.4 Å². The molecule has 1 rings (SSSR count). The molecule has 76 valence electrons. The Kier molecular flexibility index (Phi) is 3.94. The van der Waals surface area contributed by atoms with Gasteiger partial charge in [-0.3, -0.25) is 0 Å². The lowest BCUT2D eigenvalue weighted by molar-refractivity contribution is 0.201. The van der Waals surface area contributed by atoms with E-state index in [0.717, 1.165) is 5.56 Å². The Morgan fingerprint density at radius 1 is 1.43 bits per heavy atom. The Balaban J connectivity index is 2.91. The van der Waals surface area contributed by atoms with Gasteiger partial charge in [-0.2, -0.15) is 0 Å². The Morgan fingerprint density at radius 3 is 2.79 bits per heavy atom. The topological polar surface area (TPSA) is 62.1 Å². The molecule has 0 aliphatic carbocycles. The molecule has 1 aromatic carbocycles.